The van der Waals surface area contributed by atoms with Crippen molar-refractivity contribution in [1.29, 1.82) is 0 Å². The number of benzene rings is 1. The molecule has 0 amide bonds. The molecule has 1 fully saturated rings. The first-order valence-electron chi connectivity index (χ1n) is 4.76. The Hall–Kier alpha value is 0.0839. The second kappa shape index (κ2) is 7.37. The molecule has 1 aliphatic heterocycles. The Bertz CT molecular complexity index is 256. The maximum Gasteiger partial charge on any atom is 0.0284 e. The third-order valence-electron chi connectivity index (χ3n) is 2.57. The van der Waals surface area contributed by atoms with Gasteiger partial charge in [0.15, 0.2) is 0 Å². The Morgan fingerprint density at radius 2 is 1.60 bits per heavy atom. The van der Waals surface area contributed by atoms with Gasteiger partial charge in [-0.2, -0.15) is 18.2 Å². The van der Waals surface area contributed by atoms with Crippen LogP contribution in [0.5, 0.6) is 0 Å². The fraction of sp³-hybridized carbons (Fsp3) is 0.417. The minimum absolute atomic E-state index is 0. The number of hydrogen-bond donors (Lipinski definition) is 0. The van der Waals surface area contributed by atoms with Gasteiger partial charge in [0.2, 0.25) is 0 Å². The van der Waals surface area contributed by atoms with Gasteiger partial charge in [-0.1, -0.05) is 5.69 Å². The molecule has 0 aromatic heterocycles. The van der Waals surface area contributed by atoms with E-state index >= 15 is 0 Å². The minimum atomic E-state index is 0. The van der Waals surface area contributed by atoms with Crippen LogP contribution in [0.25, 0.3) is 0 Å². The van der Waals surface area contributed by atoms with E-state index in [1.54, 1.807) is 0 Å². The Balaban J connectivity index is 0.000000980. The van der Waals surface area contributed by atoms with Crippen LogP contribution in [0.1, 0.15) is 0 Å². The topological polar surface area (TPSA) is 6.48 Å². The van der Waals surface area contributed by atoms with Crippen LogP contribution in [0.3, 0.4) is 0 Å². The van der Waals surface area contributed by atoms with Gasteiger partial charge in [0.1, 0.15) is 0 Å². The van der Waals surface area contributed by atoms with Crippen LogP contribution >= 0.6 is 0 Å². The summed E-state index contributed by atoms with van der Waals surface area (Å²) in [6, 6.07) is 11.3. The zero-order valence-corrected chi connectivity index (χ0v) is 12.4. The Morgan fingerprint density at radius 3 is 2.13 bits per heavy atom. The summed E-state index contributed by atoms with van der Waals surface area (Å²) >= 11 is 0. The molecule has 1 aromatic rings. The molecule has 0 atom stereocenters. The molecule has 0 N–H and O–H groups in total. The van der Waals surface area contributed by atoms with E-state index < -0.39 is 0 Å². The first-order chi connectivity index (χ1) is 6.36. The van der Waals surface area contributed by atoms with Crippen LogP contribution in [-0.4, -0.2) is 38.1 Å². The zero-order chi connectivity index (χ0) is 9.10. The Labute approximate surface area is 119 Å². The van der Waals surface area contributed by atoms with Crippen molar-refractivity contribution in [3.8, 4) is 0 Å². The maximum absolute atomic E-state index is 3.04. The molecule has 1 aromatic carbocycles. The summed E-state index contributed by atoms with van der Waals surface area (Å²) < 4.78 is 0. The molecule has 0 unspecified atom stereocenters. The number of likely N-dealkylation sites (N-methyl/N-ethyl adjacent to an activating group) is 1. The molecule has 0 bridgehead atoms. The number of anilines is 1. The molecular weight excluding hydrogens is 261 g/mol. The van der Waals surface area contributed by atoms with Crippen molar-refractivity contribution < 1.29 is 32.7 Å². The van der Waals surface area contributed by atoms with Gasteiger partial charge in [-0.05, 0) is 7.05 Å². The van der Waals surface area contributed by atoms with Crippen molar-refractivity contribution in [3.63, 3.8) is 0 Å². The van der Waals surface area contributed by atoms with E-state index in [0.717, 1.165) is 13.1 Å². The summed E-state index contributed by atoms with van der Waals surface area (Å²) in [5.41, 5.74) is 1.33. The largest absolute Gasteiger partial charge is 0.391 e. The van der Waals surface area contributed by atoms with E-state index in [9.17, 15) is 0 Å². The third kappa shape index (κ3) is 4.22. The van der Waals surface area contributed by atoms with Gasteiger partial charge < -0.3 is 17.2 Å². The summed E-state index contributed by atoms with van der Waals surface area (Å²) in [4.78, 5) is 4.79. The standard InChI is InChI=1S/C11H15N2.CH3.Y/c1-12-7-9-13(10-8-12)11-5-3-2-4-6-11;;/h3-6H,7-10H2,1H3;1H3;/q2*-1;. The molecule has 0 spiro atoms. The van der Waals surface area contributed by atoms with Crippen molar-refractivity contribution >= 4 is 5.69 Å². The van der Waals surface area contributed by atoms with Crippen LogP contribution in [0.15, 0.2) is 24.3 Å². The minimum Gasteiger partial charge on any atom is -0.391 e. The normalized spacial score (nSPS) is 16.5. The average Bonchev–Trinajstić information content (AvgIpc) is 2.20. The zero-order valence-electron chi connectivity index (χ0n) is 9.61. The van der Waals surface area contributed by atoms with Gasteiger partial charge in [0.05, 0.1) is 0 Å². The van der Waals surface area contributed by atoms with Crippen molar-refractivity contribution in [2.75, 3.05) is 38.1 Å². The van der Waals surface area contributed by atoms with Gasteiger partial charge in [0.25, 0.3) is 0 Å². The van der Waals surface area contributed by atoms with Gasteiger partial charge >= 0.3 is 0 Å². The summed E-state index contributed by atoms with van der Waals surface area (Å²) in [5.74, 6) is 0. The number of piperazine rings is 1. The van der Waals surface area contributed by atoms with Gasteiger partial charge in [-0.25, -0.2) is 0 Å². The van der Waals surface area contributed by atoms with Crippen molar-refractivity contribution in [2.24, 2.45) is 0 Å². The molecular formula is C12H18N2Y-2. The molecule has 15 heavy (non-hydrogen) atoms. The van der Waals surface area contributed by atoms with E-state index in [-0.39, 0.29) is 40.1 Å². The fourth-order valence-corrected chi connectivity index (χ4v) is 1.65. The van der Waals surface area contributed by atoms with Crippen molar-refractivity contribution in [3.05, 3.63) is 37.8 Å². The smallest absolute Gasteiger partial charge is 0.0284 e. The maximum atomic E-state index is 3.04. The van der Waals surface area contributed by atoms with Gasteiger partial charge in [-0.3, -0.25) is 0 Å². The first-order valence-corrected chi connectivity index (χ1v) is 4.76. The number of rotatable bonds is 1. The van der Waals surface area contributed by atoms with Crippen LogP contribution in [0, 0.1) is 13.5 Å². The Morgan fingerprint density at radius 1 is 1.07 bits per heavy atom. The summed E-state index contributed by atoms with van der Waals surface area (Å²) in [7, 11) is 2.18. The summed E-state index contributed by atoms with van der Waals surface area (Å²) in [6.07, 6.45) is 0. The molecule has 81 valence electrons. The third-order valence-corrected chi connectivity index (χ3v) is 2.57. The summed E-state index contributed by atoms with van der Waals surface area (Å²) in [5, 5.41) is 0. The molecule has 0 saturated carbocycles. The number of hydrogen-bond acceptors (Lipinski definition) is 2. The molecule has 1 saturated heterocycles. The van der Waals surface area contributed by atoms with Crippen molar-refractivity contribution in [1.82, 2.24) is 4.90 Å². The predicted molar refractivity (Wildman–Crippen MR) is 61.4 cm³/mol. The van der Waals surface area contributed by atoms with E-state index in [0.29, 0.717) is 0 Å². The van der Waals surface area contributed by atoms with Crippen LogP contribution in [0.2, 0.25) is 0 Å². The SMILES string of the molecule is CN1CCN(c2cc[c-]cc2)CC1.[CH3-].[Y]. The van der Waals surface area contributed by atoms with Gasteiger partial charge in [-0.15, -0.1) is 12.1 Å². The van der Waals surface area contributed by atoms with E-state index in [1.807, 2.05) is 12.1 Å². The molecule has 2 rings (SSSR count). The second-order valence-corrected chi connectivity index (χ2v) is 3.55. The average molecular weight is 279 g/mol. The van der Waals surface area contributed by atoms with E-state index in [4.69, 9.17) is 0 Å². The quantitative estimate of drug-likeness (QED) is 0.722. The van der Waals surface area contributed by atoms with Crippen LogP contribution < -0.4 is 4.90 Å². The summed E-state index contributed by atoms with van der Waals surface area (Å²) in [6.45, 7) is 4.61. The predicted octanol–water partition coefficient (Wildman–Crippen LogP) is 1.69. The molecule has 0 aliphatic carbocycles. The van der Waals surface area contributed by atoms with Crippen LogP contribution in [0.4, 0.5) is 5.69 Å². The molecule has 3 heteroatoms. The molecule has 1 aliphatic rings. The molecule has 1 radical (unpaired) electrons. The fourth-order valence-electron chi connectivity index (χ4n) is 1.65. The van der Waals surface area contributed by atoms with Crippen molar-refractivity contribution in [2.45, 2.75) is 0 Å². The Kier molecular flexibility index (Phi) is 7.41. The molecule has 1 heterocycles. The van der Waals surface area contributed by atoms with E-state index in [1.165, 1.54) is 18.8 Å². The second-order valence-electron chi connectivity index (χ2n) is 3.55. The molecule has 2 nitrogen and oxygen atoms in total. The van der Waals surface area contributed by atoms with Gasteiger partial charge in [0, 0.05) is 58.9 Å². The first kappa shape index (κ1) is 15.1. The van der Waals surface area contributed by atoms with E-state index in [2.05, 4.69) is 35.0 Å². The van der Waals surface area contributed by atoms with Crippen LogP contribution in [-0.2, 0) is 32.7 Å². The number of nitrogens with zero attached hydrogens (tertiary/aromatic N) is 2. The monoisotopic (exact) mass is 279 g/mol.